The molecule has 0 aromatic heterocycles. The Morgan fingerprint density at radius 1 is 1.14 bits per heavy atom. The first-order chi connectivity index (χ1) is 10.1. The van der Waals surface area contributed by atoms with Gasteiger partial charge in [-0.15, -0.1) is 0 Å². The van der Waals surface area contributed by atoms with Gasteiger partial charge in [-0.1, -0.05) is 57.4 Å². The van der Waals surface area contributed by atoms with E-state index in [9.17, 15) is 0 Å². The summed E-state index contributed by atoms with van der Waals surface area (Å²) in [6.07, 6.45) is 10.8. The summed E-state index contributed by atoms with van der Waals surface area (Å²) in [5.74, 6) is 1.55. The molecule has 2 saturated carbocycles. The van der Waals surface area contributed by atoms with Crippen LogP contribution in [-0.4, -0.2) is 0 Å². The minimum absolute atomic E-state index is 0.224. The summed E-state index contributed by atoms with van der Waals surface area (Å²) in [4.78, 5) is 0. The molecule has 0 bridgehead atoms. The lowest BCUT2D eigenvalue weighted by atomic mass is 9.70. The lowest BCUT2D eigenvalue weighted by Crippen LogP contribution is -2.33. The van der Waals surface area contributed by atoms with Crippen molar-refractivity contribution in [2.75, 3.05) is 0 Å². The summed E-state index contributed by atoms with van der Waals surface area (Å²) in [7, 11) is 0. The highest BCUT2D eigenvalue weighted by Gasteiger charge is 2.40. The third kappa shape index (κ3) is 3.04. The van der Waals surface area contributed by atoms with Crippen molar-refractivity contribution in [3.05, 3.63) is 35.4 Å². The maximum atomic E-state index is 6.81. The topological polar surface area (TPSA) is 26.0 Å². The fourth-order valence-electron chi connectivity index (χ4n) is 4.64. The monoisotopic (exact) mass is 285 g/mol. The second-order valence-electron chi connectivity index (χ2n) is 7.94. The van der Waals surface area contributed by atoms with Crippen LogP contribution in [0.1, 0.15) is 88.3 Å². The Labute approximate surface area is 130 Å². The van der Waals surface area contributed by atoms with Gasteiger partial charge in [-0.2, -0.15) is 0 Å². The van der Waals surface area contributed by atoms with Gasteiger partial charge in [-0.25, -0.2) is 0 Å². The van der Waals surface area contributed by atoms with Crippen LogP contribution in [0, 0.1) is 11.3 Å². The number of nitrogens with two attached hydrogens (primary N) is 1. The van der Waals surface area contributed by atoms with Crippen molar-refractivity contribution in [3.8, 4) is 0 Å². The minimum Gasteiger partial charge on any atom is -0.323 e. The summed E-state index contributed by atoms with van der Waals surface area (Å²) < 4.78 is 0. The van der Waals surface area contributed by atoms with Crippen LogP contribution >= 0.6 is 0 Å². The summed E-state index contributed by atoms with van der Waals surface area (Å²) in [5, 5.41) is 0. The fourth-order valence-corrected chi connectivity index (χ4v) is 4.64. The highest BCUT2D eigenvalue weighted by Crippen LogP contribution is 2.51. The molecular weight excluding hydrogens is 254 g/mol. The molecule has 1 aromatic rings. The summed E-state index contributed by atoms with van der Waals surface area (Å²) in [6.45, 7) is 4.69. The quantitative estimate of drug-likeness (QED) is 0.753. The van der Waals surface area contributed by atoms with Crippen molar-refractivity contribution in [2.24, 2.45) is 17.1 Å². The second kappa shape index (κ2) is 6.12. The van der Waals surface area contributed by atoms with E-state index in [0.29, 0.717) is 5.41 Å². The van der Waals surface area contributed by atoms with Gasteiger partial charge in [0.2, 0.25) is 0 Å². The zero-order valence-electron chi connectivity index (χ0n) is 13.8. The molecule has 2 aliphatic rings. The molecule has 3 rings (SSSR count). The molecule has 0 radical (unpaired) electrons. The standard InChI is InChI=1S/C20H31N/c1-15(2)14-20(11-3-4-12-20)19(21)18-10-6-9-17(13-18)16-7-5-8-16/h6,9-10,13,15-16,19H,3-5,7-8,11-12,14,21H2,1-2H3. The van der Waals surface area contributed by atoms with E-state index >= 15 is 0 Å². The van der Waals surface area contributed by atoms with E-state index in [1.807, 2.05) is 0 Å². The second-order valence-corrected chi connectivity index (χ2v) is 7.94. The van der Waals surface area contributed by atoms with Crippen LogP contribution in [-0.2, 0) is 0 Å². The highest BCUT2D eigenvalue weighted by atomic mass is 14.7. The maximum absolute atomic E-state index is 6.81. The molecule has 0 heterocycles. The fraction of sp³-hybridized carbons (Fsp3) is 0.700. The summed E-state index contributed by atoms with van der Waals surface area (Å²) in [6, 6.07) is 9.47. The molecule has 1 heteroatoms. The number of rotatable bonds is 5. The number of hydrogen-bond acceptors (Lipinski definition) is 1. The first-order valence-corrected chi connectivity index (χ1v) is 8.96. The third-order valence-electron chi connectivity index (χ3n) is 5.92. The minimum atomic E-state index is 0.224. The largest absolute Gasteiger partial charge is 0.323 e. The SMILES string of the molecule is CC(C)CC1(C(N)c2cccc(C3CCC3)c2)CCCC1. The molecule has 2 fully saturated rings. The molecule has 1 atom stereocenters. The normalized spacial score (nSPS) is 23.2. The molecule has 1 unspecified atom stereocenters. The van der Waals surface area contributed by atoms with Crippen molar-refractivity contribution in [1.82, 2.24) is 0 Å². The van der Waals surface area contributed by atoms with E-state index in [-0.39, 0.29) is 6.04 Å². The van der Waals surface area contributed by atoms with Gasteiger partial charge in [0.25, 0.3) is 0 Å². The zero-order valence-corrected chi connectivity index (χ0v) is 13.8. The Balaban J connectivity index is 1.83. The smallest absolute Gasteiger partial charge is 0.0352 e. The highest BCUT2D eigenvalue weighted by molar-refractivity contribution is 5.31. The van der Waals surface area contributed by atoms with E-state index in [2.05, 4.69) is 38.1 Å². The predicted octanol–water partition coefficient (Wildman–Crippen LogP) is 5.56. The maximum Gasteiger partial charge on any atom is 0.0352 e. The van der Waals surface area contributed by atoms with Gasteiger partial charge in [0.05, 0.1) is 0 Å². The Morgan fingerprint density at radius 3 is 2.43 bits per heavy atom. The lowest BCUT2D eigenvalue weighted by Gasteiger charge is -2.38. The summed E-state index contributed by atoms with van der Waals surface area (Å²) >= 11 is 0. The Morgan fingerprint density at radius 2 is 1.86 bits per heavy atom. The van der Waals surface area contributed by atoms with Crippen LogP contribution < -0.4 is 5.73 Å². The van der Waals surface area contributed by atoms with Gasteiger partial charge in [0.15, 0.2) is 0 Å². The van der Waals surface area contributed by atoms with E-state index in [1.54, 1.807) is 0 Å². The van der Waals surface area contributed by atoms with Crippen LogP contribution in [0.2, 0.25) is 0 Å². The number of hydrogen-bond donors (Lipinski definition) is 1. The van der Waals surface area contributed by atoms with Crippen LogP contribution in [0.15, 0.2) is 24.3 Å². The van der Waals surface area contributed by atoms with Crippen molar-refractivity contribution in [1.29, 1.82) is 0 Å². The van der Waals surface area contributed by atoms with E-state index in [1.165, 1.54) is 62.5 Å². The number of benzene rings is 1. The predicted molar refractivity (Wildman–Crippen MR) is 90.3 cm³/mol. The molecule has 2 aliphatic carbocycles. The molecule has 21 heavy (non-hydrogen) atoms. The zero-order chi connectivity index (χ0) is 14.9. The average Bonchev–Trinajstić information content (AvgIpc) is 2.85. The Hall–Kier alpha value is -0.820. The van der Waals surface area contributed by atoms with E-state index in [4.69, 9.17) is 5.73 Å². The molecule has 0 amide bonds. The molecule has 0 saturated heterocycles. The van der Waals surface area contributed by atoms with Gasteiger partial charge >= 0.3 is 0 Å². The van der Waals surface area contributed by atoms with E-state index in [0.717, 1.165) is 11.8 Å². The Kier molecular flexibility index (Phi) is 4.40. The first-order valence-electron chi connectivity index (χ1n) is 8.96. The van der Waals surface area contributed by atoms with Gasteiger partial charge < -0.3 is 5.73 Å². The van der Waals surface area contributed by atoms with Crippen molar-refractivity contribution >= 4 is 0 Å². The third-order valence-corrected chi connectivity index (χ3v) is 5.92. The molecule has 0 aliphatic heterocycles. The molecule has 1 aromatic carbocycles. The molecule has 116 valence electrons. The van der Waals surface area contributed by atoms with Crippen molar-refractivity contribution in [2.45, 2.75) is 77.2 Å². The van der Waals surface area contributed by atoms with Crippen LogP contribution in [0.3, 0.4) is 0 Å². The molecule has 2 N–H and O–H groups in total. The van der Waals surface area contributed by atoms with Crippen LogP contribution in [0.25, 0.3) is 0 Å². The lowest BCUT2D eigenvalue weighted by molar-refractivity contribution is 0.183. The van der Waals surface area contributed by atoms with Gasteiger partial charge in [0.1, 0.15) is 0 Å². The van der Waals surface area contributed by atoms with Crippen molar-refractivity contribution < 1.29 is 0 Å². The van der Waals surface area contributed by atoms with Gasteiger partial charge in [-0.3, -0.25) is 0 Å². The van der Waals surface area contributed by atoms with E-state index < -0.39 is 0 Å². The molecule has 1 nitrogen and oxygen atoms in total. The van der Waals surface area contributed by atoms with Gasteiger partial charge in [-0.05, 0) is 60.5 Å². The molecular formula is C20H31N. The molecule has 0 spiro atoms. The van der Waals surface area contributed by atoms with Crippen molar-refractivity contribution in [3.63, 3.8) is 0 Å². The van der Waals surface area contributed by atoms with Gasteiger partial charge in [0, 0.05) is 6.04 Å². The first kappa shape index (κ1) is 15.1. The summed E-state index contributed by atoms with van der Waals surface area (Å²) in [5.41, 5.74) is 10.1. The van der Waals surface area contributed by atoms with Crippen LogP contribution in [0.5, 0.6) is 0 Å². The average molecular weight is 285 g/mol. The van der Waals surface area contributed by atoms with Crippen LogP contribution in [0.4, 0.5) is 0 Å². The Bertz CT molecular complexity index is 466.